The molecule has 0 aliphatic carbocycles. The Labute approximate surface area is 124 Å². The van der Waals surface area contributed by atoms with Crippen molar-refractivity contribution in [2.75, 3.05) is 0 Å². The van der Waals surface area contributed by atoms with Gasteiger partial charge in [-0.3, -0.25) is 4.79 Å². The lowest BCUT2D eigenvalue weighted by molar-refractivity contribution is 0.0955. The van der Waals surface area contributed by atoms with Crippen molar-refractivity contribution < 1.29 is 4.79 Å². The summed E-state index contributed by atoms with van der Waals surface area (Å²) in [5, 5.41) is 4.88. The average molecular weight is 301 g/mol. The van der Waals surface area contributed by atoms with Gasteiger partial charge >= 0.3 is 0 Å². The quantitative estimate of drug-likeness (QED) is 0.630. The highest BCUT2D eigenvalue weighted by Gasteiger charge is 2.10. The number of hydrogen-bond acceptors (Lipinski definition) is 2. The molecule has 0 aliphatic heterocycles. The second-order valence-electron chi connectivity index (χ2n) is 4.84. The third kappa shape index (κ3) is 5.62. The molecule has 0 aromatic heterocycles. The van der Waals surface area contributed by atoms with Crippen molar-refractivity contribution in [2.24, 2.45) is 11.0 Å². The molecule has 0 unspecified atom stereocenters. The normalized spacial score (nSPS) is 11.8. The third-order valence-corrected chi connectivity index (χ3v) is 3.17. The first-order chi connectivity index (χ1) is 8.90. The SMILES string of the molecule is C/C(CCC(C)C)=N/NC(=O)c1cc(Cl)ccc1Cl. The van der Waals surface area contributed by atoms with Crippen molar-refractivity contribution in [3.8, 4) is 0 Å². The van der Waals surface area contributed by atoms with Crippen LogP contribution in [0.15, 0.2) is 23.3 Å². The first-order valence-electron chi connectivity index (χ1n) is 6.18. The Hall–Kier alpha value is -1.06. The van der Waals surface area contributed by atoms with Crippen molar-refractivity contribution in [1.29, 1.82) is 0 Å². The van der Waals surface area contributed by atoms with Gasteiger partial charge < -0.3 is 0 Å². The van der Waals surface area contributed by atoms with E-state index in [0.29, 0.717) is 21.5 Å². The summed E-state index contributed by atoms with van der Waals surface area (Å²) in [6, 6.07) is 4.75. The molecule has 0 bridgehead atoms. The molecular formula is C14H18Cl2N2O. The number of carbonyl (C=O) groups is 1. The molecule has 1 aromatic rings. The largest absolute Gasteiger partial charge is 0.272 e. The average Bonchev–Trinajstić information content (AvgIpc) is 2.36. The first-order valence-corrected chi connectivity index (χ1v) is 6.94. The zero-order valence-electron chi connectivity index (χ0n) is 11.3. The summed E-state index contributed by atoms with van der Waals surface area (Å²) in [6.07, 6.45) is 1.91. The Balaban J connectivity index is 2.64. The van der Waals surface area contributed by atoms with E-state index < -0.39 is 0 Å². The molecule has 0 spiro atoms. The lowest BCUT2D eigenvalue weighted by atomic mass is 10.1. The van der Waals surface area contributed by atoms with Crippen LogP contribution < -0.4 is 5.43 Å². The van der Waals surface area contributed by atoms with Crippen LogP contribution in [0.2, 0.25) is 10.0 Å². The second kappa shape index (κ2) is 7.51. The molecule has 1 rings (SSSR count). The van der Waals surface area contributed by atoms with Crippen LogP contribution >= 0.6 is 23.2 Å². The Morgan fingerprint density at radius 3 is 2.68 bits per heavy atom. The van der Waals surface area contributed by atoms with Crippen molar-refractivity contribution >= 4 is 34.8 Å². The summed E-state index contributed by atoms with van der Waals surface area (Å²) in [5.41, 5.74) is 3.71. The van der Waals surface area contributed by atoms with E-state index in [4.69, 9.17) is 23.2 Å². The van der Waals surface area contributed by atoms with Gasteiger partial charge in [0.25, 0.3) is 5.91 Å². The van der Waals surface area contributed by atoms with E-state index >= 15 is 0 Å². The fourth-order valence-corrected chi connectivity index (χ4v) is 1.81. The number of rotatable bonds is 5. The van der Waals surface area contributed by atoms with Crippen molar-refractivity contribution in [1.82, 2.24) is 5.43 Å². The zero-order chi connectivity index (χ0) is 14.4. The lowest BCUT2D eigenvalue weighted by Crippen LogP contribution is -2.19. The topological polar surface area (TPSA) is 41.5 Å². The van der Waals surface area contributed by atoms with E-state index in [1.165, 1.54) is 6.07 Å². The Kier molecular flexibility index (Phi) is 6.32. The molecule has 0 heterocycles. The molecule has 0 saturated heterocycles. The second-order valence-corrected chi connectivity index (χ2v) is 5.69. The van der Waals surface area contributed by atoms with Crippen LogP contribution in [0.4, 0.5) is 0 Å². The first kappa shape index (κ1) is 16.0. The van der Waals surface area contributed by atoms with E-state index in [9.17, 15) is 4.79 Å². The highest BCUT2D eigenvalue weighted by molar-refractivity contribution is 6.35. The summed E-state index contributed by atoms with van der Waals surface area (Å²) in [6.45, 7) is 6.19. The minimum Gasteiger partial charge on any atom is -0.267 e. The number of nitrogens with zero attached hydrogens (tertiary/aromatic N) is 1. The summed E-state index contributed by atoms with van der Waals surface area (Å²) < 4.78 is 0. The molecule has 1 amide bonds. The summed E-state index contributed by atoms with van der Waals surface area (Å²) in [4.78, 5) is 11.9. The van der Waals surface area contributed by atoms with Crippen molar-refractivity contribution in [2.45, 2.75) is 33.6 Å². The third-order valence-electron chi connectivity index (χ3n) is 2.60. The van der Waals surface area contributed by atoms with Crippen LogP contribution in [0, 0.1) is 5.92 Å². The molecule has 0 saturated carbocycles. The molecule has 0 fully saturated rings. The minimum absolute atomic E-state index is 0.328. The van der Waals surface area contributed by atoms with Gasteiger partial charge in [0.05, 0.1) is 10.6 Å². The summed E-state index contributed by atoms with van der Waals surface area (Å²) >= 11 is 11.8. The van der Waals surface area contributed by atoms with Gasteiger partial charge in [-0.25, -0.2) is 5.43 Å². The van der Waals surface area contributed by atoms with Crippen molar-refractivity contribution in [3.63, 3.8) is 0 Å². The van der Waals surface area contributed by atoms with Gasteiger partial charge in [-0.1, -0.05) is 37.0 Å². The standard InChI is InChI=1S/C14H18Cl2N2O/c1-9(2)4-5-10(3)17-18-14(19)12-8-11(15)6-7-13(12)16/h6-9H,4-5H2,1-3H3,(H,18,19)/b17-10-. The fourth-order valence-electron chi connectivity index (χ4n) is 1.43. The maximum Gasteiger partial charge on any atom is 0.272 e. The molecular weight excluding hydrogens is 283 g/mol. The number of amides is 1. The number of hydrazone groups is 1. The molecule has 19 heavy (non-hydrogen) atoms. The van der Waals surface area contributed by atoms with Gasteiger partial charge in [0, 0.05) is 10.7 Å². The summed E-state index contributed by atoms with van der Waals surface area (Å²) in [7, 11) is 0. The lowest BCUT2D eigenvalue weighted by Gasteiger charge is -2.06. The van der Waals surface area contributed by atoms with Crippen LogP contribution in [0.1, 0.15) is 44.0 Å². The number of carbonyl (C=O) groups excluding carboxylic acids is 1. The van der Waals surface area contributed by atoms with Gasteiger partial charge in [0.15, 0.2) is 0 Å². The number of halogens is 2. The predicted molar refractivity (Wildman–Crippen MR) is 81.1 cm³/mol. The van der Waals surface area contributed by atoms with Crippen LogP contribution in [0.3, 0.4) is 0 Å². The number of benzene rings is 1. The Morgan fingerprint density at radius 2 is 2.05 bits per heavy atom. The van der Waals surface area contributed by atoms with Gasteiger partial charge in [-0.2, -0.15) is 5.10 Å². The smallest absolute Gasteiger partial charge is 0.267 e. The molecule has 1 N–H and O–H groups in total. The molecule has 0 radical (unpaired) electrons. The molecule has 5 heteroatoms. The van der Waals surface area contributed by atoms with Gasteiger partial charge in [0.1, 0.15) is 0 Å². The van der Waals surface area contributed by atoms with Gasteiger partial charge in [0.2, 0.25) is 0 Å². The molecule has 0 atom stereocenters. The maximum absolute atomic E-state index is 11.9. The van der Waals surface area contributed by atoms with Crippen LogP contribution in [-0.2, 0) is 0 Å². The Bertz CT molecular complexity index is 484. The number of hydrogen-bond donors (Lipinski definition) is 1. The highest BCUT2D eigenvalue weighted by atomic mass is 35.5. The molecule has 1 aromatic carbocycles. The van der Waals surface area contributed by atoms with Crippen LogP contribution in [0.25, 0.3) is 0 Å². The van der Waals surface area contributed by atoms with E-state index in [1.54, 1.807) is 12.1 Å². The Morgan fingerprint density at radius 1 is 1.37 bits per heavy atom. The van der Waals surface area contributed by atoms with E-state index in [1.807, 2.05) is 6.92 Å². The van der Waals surface area contributed by atoms with Crippen LogP contribution in [0.5, 0.6) is 0 Å². The van der Waals surface area contributed by atoms with Crippen LogP contribution in [-0.4, -0.2) is 11.6 Å². The minimum atomic E-state index is -0.351. The fraction of sp³-hybridized carbons (Fsp3) is 0.429. The number of nitrogens with one attached hydrogen (secondary N) is 1. The molecule has 0 aliphatic rings. The molecule has 104 valence electrons. The molecule has 3 nitrogen and oxygen atoms in total. The zero-order valence-corrected chi connectivity index (χ0v) is 12.8. The predicted octanol–water partition coefficient (Wildman–Crippen LogP) is 4.54. The summed E-state index contributed by atoms with van der Waals surface area (Å²) in [5.74, 6) is 0.264. The highest BCUT2D eigenvalue weighted by Crippen LogP contribution is 2.20. The van der Waals surface area contributed by atoms with Gasteiger partial charge in [-0.15, -0.1) is 0 Å². The van der Waals surface area contributed by atoms with Crippen molar-refractivity contribution in [3.05, 3.63) is 33.8 Å². The van der Waals surface area contributed by atoms with E-state index in [0.717, 1.165) is 18.6 Å². The van der Waals surface area contributed by atoms with E-state index in [2.05, 4.69) is 24.4 Å². The maximum atomic E-state index is 11.9. The monoisotopic (exact) mass is 300 g/mol. The van der Waals surface area contributed by atoms with E-state index in [-0.39, 0.29) is 5.91 Å². The van der Waals surface area contributed by atoms with Gasteiger partial charge in [-0.05, 0) is 43.9 Å².